The third-order valence-corrected chi connectivity index (χ3v) is 1.73. The number of ether oxygens (including phenoxy) is 1. The molecule has 0 heterocycles. The molecule has 4 heteroatoms. The fourth-order valence-corrected chi connectivity index (χ4v) is 1.06. The summed E-state index contributed by atoms with van der Waals surface area (Å²) in [4.78, 5) is 21.5. The van der Waals surface area contributed by atoms with Crippen molar-refractivity contribution in [3.05, 3.63) is 29.8 Å². The fraction of sp³-hybridized carbons (Fsp3) is 0.273. The molecule has 0 unspecified atom stereocenters. The van der Waals surface area contributed by atoms with Gasteiger partial charge >= 0.3 is 12.4 Å². The Balaban J connectivity index is 2.71. The summed E-state index contributed by atoms with van der Waals surface area (Å²) >= 11 is 0. The second kappa shape index (κ2) is 5.80. The zero-order valence-electron chi connectivity index (χ0n) is 8.45. The smallest absolute Gasteiger partial charge is 0.338 e. The number of carbonyl (C=O) groups is 1. The second-order valence-corrected chi connectivity index (χ2v) is 2.94. The monoisotopic (exact) mass is 206 g/mol. The highest BCUT2D eigenvalue weighted by Gasteiger charge is 2.06. The Morgan fingerprint density at radius 3 is 3.00 bits per heavy atom. The number of amides is 1. The minimum Gasteiger partial charge on any atom is -0.462 e. The molecule has 0 aromatic heterocycles. The standard InChI is InChI=1S/C11H12NO3/c1-2-6-15-11(14)9-4-3-5-10(7-9)12-8-13/h3-5,7H,2,6H2,1H3,(H,12,13). The SMILES string of the molecule is CCCOC(=O)c1cccc(N[C]=O)c1. The third kappa shape index (κ3) is 3.42. The molecule has 0 atom stereocenters. The lowest BCUT2D eigenvalue weighted by molar-refractivity contribution is 0.0505. The topological polar surface area (TPSA) is 55.4 Å². The molecule has 0 aliphatic carbocycles. The maximum atomic E-state index is 11.4. The first-order valence-corrected chi connectivity index (χ1v) is 4.68. The minimum atomic E-state index is -0.383. The highest BCUT2D eigenvalue weighted by Crippen LogP contribution is 2.10. The summed E-state index contributed by atoms with van der Waals surface area (Å²) in [5, 5.41) is 2.35. The van der Waals surface area contributed by atoms with Crippen molar-refractivity contribution in [1.82, 2.24) is 0 Å². The lowest BCUT2D eigenvalue weighted by Gasteiger charge is -2.04. The highest BCUT2D eigenvalue weighted by atomic mass is 16.5. The van der Waals surface area contributed by atoms with Crippen LogP contribution in [0.15, 0.2) is 24.3 Å². The lowest BCUT2D eigenvalue weighted by atomic mass is 10.2. The molecule has 0 aliphatic heterocycles. The Morgan fingerprint density at radius 1 is 1.53 bits per heavy atom. The van der Waals surface area contributed by atoms with Crippen molar-refractivity contribution in [3.8, 4) is 0 Å². The van der Waals surface area contributed by atoms with Crippen molar-refractivity contribution in [2.45, 2.75) is 13.3 Å². The predicted octanol–water partition coefficient (Wildman–Crippen LogP) is 1.73. The second-order valence-electron chi connectivity index (χ2n) is 2.94. The van der Waals surface area contributed by atoms with Gasteiger partial charge in [-0.3, -0.25) is 4.79 Å². The lowest BCUT2D eigenvalue weighted by Crippen LogP contribution is -2.06. The van der Waals surface area contributed by atoms with Crippen LogP contribution in [0.3, 0.4) is 0 Å². The van der Waals surface area contributed by atoms with Gasteiger partial charge in [0.2, 0.25) is 0 Å². The molecule has 0 fully saturated rings. The fourth-order valence-electron chi connectivity index (χ4n) is 1.06. The maximum absolute atomic E-state index is 11.4. The Morgan fingerprint density at radius 2 is 2.33 bits per heavy atom. The van der Waals surface area contributed by atoms with Gasteiger partial charge in [0.1, 0.15) is 0 Å². The molecule has 0 bridgehead atoms. The van der Waals surface area contributed by atoms with Crippen LogP contribution in [0.25, 0.3) is 0 Å². The summed E-state index contributed by atoms with van der Waals surface area (Å²) in [5.74, 6) is -0.383. The van der Waals surface area contributed by atoms with Crippen LogP contribution in [0.2, 0.25) is 0 Å². The van der Waals surface area contributed by atoms with Gasteiger partial charge in [-0.25, -0.2) is 4.79 Å². The van der Waals surface area contributed by atoms with Crippen molar-refractivity contribution in [1.29, 1.82) is 0 Å². The number of rotatable bonds is 5. The van der Waals surface area contributed by atoms with Crippen LogP contribution in [0.4, 0.5) is 5.69 Å². The zero-order valence-corrected chi connectivity index (χ0v) is 8.45. The van der Waals surface area contributed by atoms with Gasteiger partial charge in [0, 0.05) is 5.69 Å². The number of carbonyl (C=O) groups excluding carboxylic acids is 2. The van der Waals surface area contributed by atoms with E-state index in [1.54, 1.807) is 30.7 Å². The Hall–Kier alpha value is -1.84. The molecule has 1 aromatic rings. The molecule has 79 valence electrons. The normalized spacial score (nSPS) is 9.40. The number of benzene rings is 1. The van der Waals surface area contributed by atoms with Gasteiger partial charge in [-0.2, -0.15) is 0 Å². The first-order valence-electron chi connectivity index (χ1n) is 4.68. The molecule has 0 spiro atoms. The van der Waals surface area contributed by atoms with Gasteiger partial charge in [0.15, 0.2) is 0 Å². The van der Waals surface area contributed by atoms with E-state index in [2.05, 4.69) is 5.32 Å². The van der Waals surface area contributed by atoms with Crippen LogP contribution in [-0.2, 0) is 9.53 Å². The van der Waals surface area contributed by atoms with Crippen LogP contribution in [-0.4, -0.2) is 19.0 Å². The van der Waals surface area contributed by atoms with Crippen LogP contribution in [0.5, 0.6) is 0 Å². The summed E-state index contributed by atoms with van der Waals surface area (Å²) in [6.07, 6.45) is 2.32. The van der Waals surface area contributed by atoms with E-state index in [4.69, 9.17) is 4.74 Å². The quantitative estimate of drug-likeness (QED) is 0.589. The molecule has 1 amide bonds. The summed E-state index contributed by atoms with van der Waals surface area (Å²) in [5.41, 5.74) is 0.944. The molecular formula is C11H12NO3. The van der Waals surface area contributed by atoms with E-state index in [1.165, 1.54) is 0 Å². The summed E-state index contributed by atoms with van der Waals surface area (Å²) in [6, 6.07) is 6.51. The van der Waals surface area contributed by atoms with Crippen LogP contribution in [0, 0.1) is 0 Å². The number of hydrogen-bond donors (Lipinski definition) is 1. The molecule has 0 aliphatic rings. The molecule has 0 saturated heterocycles. The Bertz CT molecular complexity index is 349. The van der Waals surface area contributed by atoms with Gasteiger partial charge in [0.25, 0.3) is 0 Å². The maximum Gasteiger partial charge on any atom is 0.338 e. The number of nitrogens with one attached hydrogen (secondary N) is 1. The average Bonchev–Trinajstić information content (AvgIpc) is 2.27. The predicted molar refractivity (Wildman–Crippen MR) is 56.3 cm³/mol. The van der Waals surface area contributed by atoms with E-state index in [1.807, 2.05) is 6.92 Å². The average molecular weight is 206 g/mol. The number of anilines is 1. The van der Waals surface area contributed by atoms with Crippen molar-refractivity contribution in [2.75, 3.05) is 11.9 Å². The number of hydrogen-bond acceptors (Lipinski definition) is 3. The molecule has 4 nitrogen and oxygen atoms in total. The van der Waals surface area contributed by atoms with Crippen molar-refractivity contribution in [3.63, 3.8) is 0 Å². The minimum absolute atomic E-state index is 0.383. The van der Waals surface area contributed by atoms with Crippen LogP contribution >= 0.6 is 0 Å². The molecule has 1 radical (unpaired) electrons. The molecular weight excluding hydrogens is 194 g/mol. The van der Waals surface area contributed by atoms with Gasteiger partial charge in [-0.05, 0) is 24.6 Å². The molecule has 1 N–H and O–H groups in total. The van der Waals surface area contributed by atoms with Crippen molar-refractivity contribution >= 4 is 18.1 Å². The first kappa shape index (κ1) is 11.2. The van der Waals surface area contributed by atoms with E-state index in [0.717, 1.165) is 6.42 Å². The molecule has 0 saturated carbocycles. The van der Waals surface area contributed by atoms with Crippen molar-refractivity contribution in [2.24, 2.45) is 0 Å². The Labute approximate surface area is 88.2 Å². The third-order valence-electron chi connectivity index (χ3n) is 1.73. The summed E-state index contributed by atoms with van der Waals surface area (Å²) < 4.78 is 4.95. The molecule has 1 aromatic carbocycles. The molecule has 15 heavy (non-hydrogen) atoms. The van der Waals surface area contributed by atoms with E-state index in [-0.39, 0.29) is 5.97 Å². The van der Waals surface area contributed by atoms with Gasteiger partial charge < -0.3 is 10.1 Å². The van der Waals surface area contributed by atoms with Gasteiger partial charge in [-0.1, -0.05) is 13.0 Å². The van der Waals surface area contributed by atoms with Crippen molar-refractivity contribution < 1.29 is 14.3 Å². The van der Waals surface area contributed by atoms with E-state index in [0.29, 0.717) is 17.9 Å². The van der Waals surface area contributed by atoms with E-state index < -0.39 is 0 Å². The van der Waals surface area contributed by atoms with E-state index in [9.17, 15) is 9.59 Å². The largest absolute Gasteiger partial charge is 0.462 e. The van der Waals surface area contributed by atoms with Crippen LogP contribution < -0.4 is 5.32 Å². The van der Waals surface area contributed by atoms with E-state index >= 15 is 0 Å². The Kier molecular flexibility index (Phi) is 4.34. The summed E-state index contributed by atoms with van der Waals surface area (Å²) in [7, 11) is 0. The molecule has 1 rings (SSSR count). The number of esters is 1. The highest BCUT2D eigenvalue weighted by molar-refractivity contribution is 5.91. The summed E-state index contributed by atoms with van der Waals surface area (Å²) in [6.45, 7) is 2.32. The van der Waals surface area contributed by atoms with Gasteiger partial charge in [0.05, 0.1) is 12.2 Å². The van der Waals surface area contributed by atoms with Gasteiger partial charge in [-0.15, -0.1) is 0 Å². The first-order chi connectivity index (χ1) is 7.27. The van der Waals surface area contributed by atoms with Crippen LogP contribution in [0.1, 0.15) is 23.7 Å². The zero-order chi connectivity index (χ0) is 11.1.